The van der Waals surface area contributed by atoms with Crippen LogP contribution in [0.25, 0.3) is 0 Å². The van der Waals surface area contributed by atoms with Crippen LogP contribution in [0.4, 0.5) is 0 Å². The fourth-order valence-electron chi connectivity index (χ4n) is 14.5. The normalized spacial score (nSPS) is 48.4. The molecule has 0 radical (unpaired) electrons. The van der Waals surface area contributed by atoms with E-state index < -0.39 is 22.0 Å². The van der Waals surface area contributed by atoms with Gasteiger partial charge in [0.05, 0.1) is 48.2 Å². The van der Waals surface area contributed by atoms with Crippen LogP contribution in [-0.2, 0) is 28.8 Å². The molecule has 2 aliphatic heterocycles. The third kappa shape index (κ3) is 5.02. The SMILES string of the molecule is C[C@@H]1CC(CS(=O)(=O)c2ccccc2)OC2[C@H]1[C@@]1(C)CCC34C[C@@]35CC[C@H](O[C@H]3CN(C(=O)CC6CC6)CCO3)C(C)(C)[C@@H]5CCC4[C@]1(C)[C@H]2O. The number of aliphatic hydroxyl groups is 1. The topological polar surface area (TPSA) is 102 Å². The first-order chi connectivity index (χ1) is 24.2. The zero-order valence-electron chi connectivity index (χ0n) is 31.5. The van der Waals surface area contributed by atoms with Gasteiger partial charge in [-0.25, -0.2) is 8.42 Å². The minimum Gasteiger partial charge on any atom is -0.390 e. The molecule has 6 aliphatic carbocycles. The molecule has 9 rings (SSSR count). The molecule has 282 valence electrons. The van der Waals surface area contributed by atoms with E-state index in [1.165, 1.54) is 25.7 Å². The lowest BCUT2D eigenvalue weighted by molar-refractivity contribution is -0.248. The molecular formula is C42H61NO7S. The van der Waals surface area contributed by atoms with E-state index in [-0.39, 0.29) is 69.1 Å². The van der Waals surface area contributed by atoms with Gasteiger partial charge in [0.15, 0.2) is 16.1 Å². The fraction of sp³-hybridized carbons (Fsp3) is 0.833. The Morgan fingerprint density at radius 3 is 2.45 bits per heavy atom. The summed E-state index contributed by atoms with van der Waals surface area (Å²) in [6, 6.07) is 8.72. The average Bonchev–Trinajstić information content (AvgIpc) is 4.02. The van der Waals surface area contributed by atoms with Gasteiger partial charge >= 0.3 is 0 Å². The van der Waals surface area contributed by atoms with Crippen molar-refractivity contribution >= 4 is 15.7 Å². The van der Waals surface area contributed by atoms with Gasteiger partial charge in [0.1, 0.15) is 0 Å². The Balaban J connectivity index is 0.923. The number of carbonyl (C=O) groups excluding carboxylic acids is 1. The van der Waals surface area contributed by atoms with Crippen LogP contribution < -0.4 is 0 Å². The molecule has 2 heterocycles. The summed E-state index contributed by atoms with van der Waals surface area (Å²) in [7, 11) is -3.50. The molecule has 9 heteroatoms. The van der Waals surface area contributed by atoms with Crippen LogP contribution in [0.5, 0.6) is 0 Å². The van der Waals surface area contributed by atoms with Crippen molar-refractivity contribution in [1.82, 2.24) is 4.90 Å². The first kappa shape index (κ1) is 35.2. The number of aliphatic hydroxyl groups excluding tert-OH is 1. The van der Waals surface area contributed by atoms with Gasteiger partial charge in [-0.05, 0) is 128 Å². The molecule has 8 fully saturated rings. The van der Waals surface area contributed by atoms with Crippen molar-refractivity contribution in [3.05, 3.63) is 30.3 Å². The number of nitrogens with zero attached hydrogens (tertiary/aromatic N) is 1. The summed E-state index contributed by atoms with van der Waals surface area (Å²) in [6.45, 7) is 13.7. The number of hydrogen-bond acceptors (Lipinski definition) is 7. The standard InChI is InChI=1S/C42H61NO7S/c1-26-21-28(24-51(46,47)29-9-7-6-8-10-29)49-36-35(26)39(4)17-18-42-25-41(42)16-15-32(38(2,3)30(41)13-14-31(42)40(39,5)37(36)45)50-34-23-43(19-20-48-34)33(44)22-27-11-12-27/h6-10,26-28,30-32,34-37,45H,11-25H2,1-5H3/t26-,28?,30+,31?,32+,34+,35+,36?,37+,39-,40-,41-,42?/m1/s1. The summed E-state index contributed by atoms with van der Waals surface area (Å²) in [5.74, 6) is 2.26. The van der Waals surface area contributed by atoms with Crippen LogP contribution in [-0.4, -0.2) is 80.5 Å². The molecule has 51 heavy (non-hydrogen) atoms. The summed E-state index contributed by atoms with van der Waals surface area (Å²) < 4.78 is 46.6. The Kier molecular flexibility index (Phi) is 8.10. The van der Waals surface area contributed by atoms with Crippen molar-refractivity contribution in [2.45, 2.75) is 141 Å². The van der Waals surface area contributed by atoms with Crippen LogP contribution in [0.1, 0.15) is 105 Å². The first-order valence-corrected chi connectivity index (χ1v) is 22.0. The predicted octanol–water partition coefficient (Wildman–Crippen LogP) is 6.64. The maximum atomic E-state index is 13.4. The van der Waals surface area contributed by atoms with E-state index in [1.54, 1.807) is 24.3 Å². The smallest absolute Gasteiger partial charge is 0.223 e. The molecule has 13 atom stereocenters. The maximum Gasteiger partial charge on any atom is 0.223 e. The second kappa shape index (κ2) is 11.7. The molecule has 1 aromatic rings. The van der Waals surface area contributed by atoms with Crippen molar-refractivity contribution < 1.29 is 32.5 Å². The molecule has 6 saturated carbocycles. The Morgan fingerprint density at radius 1 is 0.980 bits per heavy atom. The molecule has 0 aromatic heterocycles. The number of hydrogen-bond donors (Lipinski definition) is 1. The number of amides is 1. The largest absolute Gasteiger partial charge is 0.390 e. The highest BCUT2D eigenvalue weighted by molar-refractivity contribution is 7.91. The molecule has 1 N–H and O–H groups in total. The summed E-state index contributed by atoms with van der Waals surface area (Å²) in [4.78, 5) is 15.2. The minimum absolute atomic E-state index is 0.0184. The number of ether oxygens (including phenoxy) is 3. The van der Waals surface area contributed by atoms with Crippen LogP contribution >= 0.6 is 0 Å². The number of sulfone groups is 1. The van der Waals surface area contributed by atoms with Crippen LogP contribution in [0, 0.1) is 56.7 Å². The predicted molar refractivity (Wildman–Crippen MR) is 193 cm³/mol. The van der Waals surface area contributed by atoms with E-state index in [0.29, 0.717) is 55.2 Å². The zero-order valence-corrected chi connectivity index (χ0v) is 32.3. The molecule has 4 unspecified atom stereocenters. The van der Waals surface area contributed by atoms with Gasteiger partial charge in [0.25, 0.3) is 0 Å². The van der Waals surface area contributed by atoms with Crippen molar-refractivity contribution in [2.24, 2.45) is 56.7 Å². The molecule has 2 spiro atoms. The van der Waals surface area contributed by atoms with E-state index in [0.717, 1.165) is 32.1 Å². The number of benzene rings is 1. The lowest BCUT2D eigenvalue weighted by Gasteiger charge is -2.64. The van der Waals surface area contributed by atoms with Crippen molar-refractivity contribution in [3.8, 4) is 0 Å². The van der Waals surface area contributed by atoms with Crippen LogP contribution in [0.15, 0.2) is 35.2 Å². The highest BCUT2D eigenvalue weighted by atomic mass is 32.2. The van der Waals surface area contributed by atoms with Gasteiger partial charge in [0, 0.05) is 18.4 Å². The van der Waals surface area contributed by atoms with Crippen LogP contribution in [0.2, 0.25) is 0 Å². The van der Waals surface area contributed by atoms with Gasteiger partial charge in [-0.2, -0.15) is 0 Å². The highest BCUT2D eigenvalue weighted by Gasteiger charge is 2.84. The van der Waals surface area contributed by atoms with Gasteiger partial charge in [-0.3, -0.25) is 4.79 Å². The second-order valence-corrected chi connectivity index (χ2v) is 21.7. The molecule has 1 aromatic carbocycles. The number of morpholine rings is 1. The summed E-state index contributed by atoms with van der Waals surface area (Å²) in [6.07, 6.45) is 10.1. The monoisotopic (exact) mass is 723 g/mol. The highest BCUT2D eigenvalue weighted by Crippen LogP contribution is 2.89. The van der Waals surface area contributed by atoms with E-state index in [9.17, 15) is 18.3 Å². The van der Waals surface area contributed by atoms with E-state index in [4.69, 9.17) is 14.2 Å². The summed E-state index contributed by atoms with van der Waals surface area (Å²) >= 11 is 0. The lowest BCUT2D eigenvalue weighted by Crippen LogP contribution is -2.60. The fourth-order valence-corrected chi connectivity index (χ4v) is 16.0. The molecule has 1 amide bonds. The van der Waals surface area contributed by atoms with Gasteiger partial charge in [-0.1, -0.05) is 52.8 Å². The quantitative estimate of drug-likeness (QED) is 0.337. The van der Waals surface area contributed by atoms with E-state index in [1.807, 2.05) is 11.0 Å². The van der Waals surface area contributed by atoms with Crippen LogP contribution in [0.3, 0.4) is 0 Å². The van der Waals surface area contributed by atoms with Gasteiger partial charge in [-0.15, -0.1) is 0 Å². The van der Waals surface area contributed by atoms with E-state index in [2.05, 4.69) is 34.6 Å². The Morgan fingerprint density at radius 2 is 1.71 bits per heavy atom. The third-order valence-electron chi connectivity index (χ3n) is 17.2. The average molecular weight is 724 g/mol. The van der Waals surface area contributed by atoms with Crippen molar-refractivity contribution in [1.29, 1.82) is 0 Å². The Bertz CT molecular complexity index is 1650. The molecule has 8 aliphatic rings. The Labute approximate surface area is 305 Å². The summed E-state index contributed by atoms with van der Waals surface area (Å²) in [5.41, 5.74) is 0.127. The number of rotatable bonds is 7. The zero-order chi connectivity index (χ0) is 35.8. The molecular weight excluding hydrogens is 663 g/mol. The first-order valence-electron chi connectivity index (χ1n) is 20.3. The second-order valence-electron chi connectivity index (χ2n) is 19.6. The van der Waals surface area contributed by atoms with Crippen molar-refractivity contribution in [3.63, 3.8) is 0 Å². The Hall–Kier alpha value is -1.52. The van der Waals surface area contributed by atoms with E-state index >= 15 is 0 Å². The molecule has 8 nitrogen and oxygen atoms in total. The van der Waals surface area contributed by atoms with Gasteiger partial charge in [0.2, 0.25) is 5.91 Å². The lowest BCUT2D eigenvalue weighted by atomic mass is 9.41. The molecule has 0 bridgehead atoms. The minimum atomic E-state index is -3.50. The van der Waals surface area contributed by atoms with Crippen molar-refractivity contribution in [2.75, 3.05) is 25.4 Å². The summed E-state index contributed by atoms with van der Waals surface area (Å²) in [5, 5.41) is 12.6. The maximum absolute atomic E-state index is 13.4. The third-order valence-corrected chi connectivity index (χ3v) is 19.0. The number of fused-ring (bicyclic) bond motifs is 4. The van der Waals surface area contributed by atoms with Gasteiger partial charge < -0.3 is 24.2 Å². The molecule has 2 saturated heterocycles. The number of carbonyl (C=O) groups is 1.